The first-order valence-electron chi connectivity index (χ1n) is 4.05. The van der Waals surface area contributed by atoms with Crippen LogP contribution in [0.25, 0.3) is 0 Å². The van der Waals surface area contributed by atoms with Crippen molar-refractivity contribution in [1.29, 1.82) is 0 Å². The highest BCUT2D eigenvalue weighted by atomic mass is 19.1. The minimum absolute atomic E-state index is 0.0911. The van der Waals surface area contributed by atoms with E-state index in [4.69, 9.17) is 5.11 Å². The molecule has 0 aromatic rings. The van der Waals surface area contributed by atoms with Crippen molar-refractivity contribution in [2.24, 2.45) is 5.92 Å². The van der Waals surface area contributed by atoms with Crippen molar-refractivity contribution in [1.82, 2.24) is 0 Å². The second-order valence-electron chi connectivity index (χ2n) is 3.12. The molecule has 1 N–H and O–H groups in total. The van der Waals surface area contributed by atoms with Crippen LogP contribution in [-0.2, 0) is 9.53 Å². The van der Waals surface area contributed by atoms with Crippen LogP contribution < -0.4 is 0 Å². The Morgan fingerprint density at radius 2 is 2.25 bits per heavy atom. The highest BCUT2D eigenvalue weighted by Gasteiger charge is 2.33. The van der Waals surface area contributed by atoms with Gasteiger partial charge in [-0.15, -0.1) is 0 Å². The lowest BCUT2D eigenvalue weighted by atomic mass is 9.86. The molecule has 0 aromatic carbocycles. The molecule has 0 bridgehead atoms. The fraction of sp³-hybridized carbons (Fsp3) is 0.875. The van der Waals surface area contributed by atoms with Gasteiger partial charge >= 0.3 is 5.97 Å². The lowest BCUT2D eigenvalue weighted by Gasteiger charge is -2.26. The van der Waals surface area contributed by atoms with E-state index in [0.29, 0.717) is 12.8 Å². The van der Waals surface area contributed by atoms with Gasteiger partial charge in [-0.25, -0.2) is 4.39 Å². The van der Waals surface area contributed by atoms with E-state index in [1.807, 2.05) is 0 Å². The number of halogens is 1. The monoisotopic (exact) mass is 176 g/mol. The molecule has 0 radical (unpaired) electrons. The fourth-order valence-corrected chi connectivity index (χ4v) is 1.48. The zero-order chi connectivity index (χ0) is 9.14. The van der Waals surface area contributed by atoms with Gasteiger partial charge in [-0.05, 0) is 19.3 Å². The Morgan fingerprint density at radius 1 is 1.58 bits per heavy atom. The van der Waals surface area contributed by atoms with E-state index in [2.05, 4.69) is 4.74 Å². The van der Waals surface area contributed by atoms with Crippen molar-refractivity contribution in [2.75, 3.05) is 7.11 Å². The van der Waals surface area contributed by atoms with Gasteiger partial charge in [-0.2, -0.15) is 0 Å². The molecule has 4 heteroatoms. The SMILES string of the molecule is COC(=O)C1CC[C@H](O)[C@H](F)C1. The molecule has 0 spiro atoms. The van der Waals surface area contributed by atoms with Crippen molar-refractivity contribution in [3.8, 4) is 0 Å². The van der Waals surface area contributed by atoms with Crippen LogP contribution in [0.1, 0.15) is 19.3 Å². The Balaban J connectivity index is 2.45. The third-order valence-electron chi connectivity index (χ3n) is 2.27. The highest BCUT2D eigenvalue weighted by Crippen LogP contribution is 2.27. The van der Waals surface area contributed by atoms with Gasteiger partial charge in [-0.3, -0.25) is 4.79 Å². The summed E-state index contributed by atoms with van der Waals surface area (Å²) in [7, 11) is 1.29. The summed E-state index contributed by atoms with van der Waals surface area (Å²) in [6, 6.07) is 0. The van der Waals surface area contributed by atoms with Crippen molar-refractivity contribution < 1.29 is 19.0 Å². The van der Waals surface area contributed by atoms with Crippen LogP contribution in [0.3, 0.4) is 0 Å². The third-order valence-corrected chi connectivity index (χ3v) is 2.27. The molecule has 1 aliphatic carbocycles. The van der Waals surface area contributed by atoms with Crippen LogP contribution >= 0.6 is 0 Å². The van der Waals surface area contributed by atoms with Gasteiger partial charge in [-0.1, -0.05) is 0 Å². The topological polar surface area (TPSA) is 46.5 Å². The average molecular weight is 176 g/mol. The molecule has 1 rings (SSSR count). The van der Waals surface area contributed by atoms with Crippen molar-refractivity contribution >= 4 is 5.97 Å². The van der Waals surface area contributed by atoms with Gasteiger partial charge in [0.15, 0.2) is 0 Å². The molecule has 0 heterocycles. The molecular weight excluding hydrogens is 163 g/mol. The maximum Gasteiger partial charge on any atom is 0.308 e. The van der Waals surface area contributed by atoms with Gasteiger partial charge in [0.1, 0.15) is 6.17 Å². The van der Waals surface area contributed by atoms with Crippen LogP contribution in [0.5, 0.6) is 0 Å². The van der Waals surface area contributed by atoms with Crippen LogP contribution in [-0.4, -0.2) is 30.5 Å². The summed E-state index contributed by atoms with van der Waals surface area (Å²) >= 11 is 0. The second kappa shape index (κ2) is 3.85. The number of esters is 1. The molecule has 1 unspecified atom stereocenters. The van der Waals surface area contributed by atoms with Gasteiger partial charge in [0.2, 0.25) is 0 Å². The minimum Gasteiger partial charge on any atom is -0.469 e. The van der Waals surface area contributed by atoms with Crippen LogP contribution in [0.2, 0.25) is 0 Å². The molecule has 0 aromatic heterocycles. The van der Waals surface area contributed by atoms with Gasteiger partial charge in [0.25, 0.3) is 0 Å². The quantitative estimate of drug-likeness (QED) is 0.597. The second-order valence-corrected chi connectivity index (χ2v) is 3.12. The number of ether oxygens (including phenoxy) is 1. The standard InChI is InChI=1S/C8H13FO3/c1-12-8(11)5-2-3-7(10)6(9)4-5/h5-7,10H,2-4H2,1H3/t5?,6-,7+/m1/s1. The predicted octanol–water partition coefficient (Wildman–Crippen LogP) is 0.658. The molecule has 3 nitrogen and oxygen atoms in total. The lowest BCUT2D eigenvalue weighted by molar-refractivity contribution is -0.148. The summed E-state index contributed by atoms with van der Waals surface area (Å²) < 4.78 is 17.4. The molecule has 12 heavy (non-hydrogen) atoms. The Hall–Kier alpha value is -0.640. The summed E-state index contributed by atoms with van der Waals surface area (Å²) in [6.07, 6.45) is -1.21. The van der Waals surface area contributed by atoms with Crippen LogP contribution in [0.15, 0.2) is 0 Å². The smallest absolute Gasteiger partial charge is 0.308 e. The number of hydrogen-bond acceptors (Lipinski definition) is 3. The number of rotatable bonds is 1. The predicted molar refractivity (Wildman–Crippen MR) is 40.3 cm³/mol. The summed E-state index contributed by atoms with van der Waals surface area (Å²) in [4.78, 5) is 10.9. The molecule has 0 saturated heterocycles. The molecular formula is C8H13FO3. The maximum absolute atomic E-state index is 12.9. The van der Waals surface area contributed by atoms with E-state index in [0.717, 1.165) is 0 Å². The molecule has 70 valence electrons. The van der Waals surface area contributed by atoms with E-state index in [9.17, 15) is 9.18 Å². The minimum atomic E-state index is -1.28. The number of aliphatic hydroxyl groups excluding tert-OH is 1. The van der Waals surface area contributed by atoms with E-state index in [1.165, 1.54) is 7.11 Å². The Morgan fingerprint density at radius 3 is 2.75 bits per heavy atom. The van der Waals surface area contributed by atoms with E-state index in [1.54, 1.807) is 0 Å². The van der Waals surface area contributed by atoms with Crippen molar-refractivity contribution in [3.63, 3.8) is 0 Å². The summed E-state index contributed by atoms with van der Waals surface area (Å²) in [6.45, 7) is 0. The van der Waals surface area contributed by atoms with Gasteiger partial charge in [0.05, 0.1) is 19.1 Å². The first kappa shape index (κ1) is 9.45. The number of aliphatic hydroxyl groups is 1. The fourth-order valence-electron chi connectivity index (χ4n) is 1.48. The van der Waals surface area contributed by atoms with E-state index >= 15 is 0 Å². The number of alkyl halides is 1. The van der Waals surface area contributed by atoms with Crippen LogP contribution in [0.4, 0.5) is 4.39 Å². The number of hydrogen-bond donors (Lipinski definition) is 1. The molecule has 0 aliphatic heterocycles. The van der Waals surface area contributed by atoms with Gasteiger partial charge in [0, 0.05) is 0 Å². The highest BCUT2D eigenvalue weighted by molar-refractivity contribution is 5.72. The molecule has 1 fully saturated rings. The Kier molecular flexibility index (Phi) is 3.03. The van der Waals surface area contributed by atoms with Crippen LogP contribution in [0, 0.1) is 5.92 Å². The molecule has 3 atom stereocenters. The maximum atomic E-state index is 12.9. The summed E-state index contributed by atoms with van der Waals surface area (Å²) in [5.74, 6) is -0.738. The van der Waals surface area contributed by atoms with Crippen molar-refractivity contribution in [3.05, 3.63) is 0 Å². The van der Waals surface area contributed by atoms with Gasteiger partial charge < -0.3 is 9.84 Å². The number of methoxy groups -OCH3 is 1. The zero-order valence-electron chi connectivity index (χ0n) is 7.00. The Labute approximate surface area is 70.5 Å². The normalized spacial score (nSPS) is 36.1. The number of carbonyl (C=O) groups excluding carboxylic acids is 1. The lowest BCUT2D eigenvalue weighted by Crippen LogP contribution is -2.34. The van der Waals surface area contributed by atoms with E-state index in [-0.39, 0.29) is 18.3 Å². The first-order chi connectivity index (χ1) is 5.65. The Bertz CT molecular complexity index is 172. The molecule has 1 aliphatic rings. The first-order valence-corrected chi connectivity index (χ1v) is 4.05. The van der Waals surface area contributed by atoms with E-state index < -0.39 is 12.3 Å². The zero-order valence-corrected chi connectivity index (χ0v) is 7.00. The summed E-state index contributed by atoms with van der Waals surface area (Å²) in [5, 5.41) is 9.02. The summed E-state index contributed by atoms with van der Waals surface area (Å²) in [5.41, 5.74) is 0. The molecule has 0 amide bonds. The van der Waals surface area contributed by atoms with Crippen molar-refractivity contribution in [2.45, 2.75) is 31.5 Å². The largest absolute Gasteiger partial charge is 0.469 e. The average Bonchev–Trinajstić information content (AvgIpc) is 2.08. The number of carbonyl (C=O) groups is 1. The third kappa shape index (κ3) is 1.94. The molecule has 1 saturated carbocycles.